The molecule has 0 bridgehead atoms. The van der Waals surface area contributed by atoms with Crippen molar-refractivity contribution in [3.63, 3.8) is 0 Å². The monoisotopic (exact) mass is 380 g/mol. The molecular weight excluding hydrogens is 360 g/mol. The summed E-state index contributed by atoms with van der Waals surface area (Å²) in [6.07, 6.45) is 2.71. The molecule has 0 radical (unpaired) electrons. The molecule has 3 amide bonds. The molecule has 0 saturated carbocycles. The van der Waals surface area contributed by atoms with E-state index in [1.165, 1.54) is 18.1 Å². The molecule has 1 heterocycles. The van der Waals surface area contributed by atoms with Crippen LogP contribution in [0.4, 0.5) is 4.79 Å². The van der Waals surface area contributed by atoms with Gasteiger partial charge in [0.1, 0.15) is 0 Å². The summed E-state index contributed by atoms with van der Waals surface area (Å²) in [6.45, 7) is 3.16. The lowest BCUT2D eigenvalue weighted by Gasteiger charge is -2.21. The molecule has 1 aliphatic rings. The van der Waals surface area contributed by atoms with Crippen molar-refractivity contribution in [3.05, 3.63) is 48.0 Å². The van der Waals surface area contributed by atoms with E-state index in [0.717, 1.165) is 11.5 Å². The lowest BCUT2D eigenvalue weighted by Crippen LogP contribution is -2.41. The van der Waals surface area contributed by atoms with Crippen LogP contribution in [0, 0.1) is 0 Å². The number of amides is 3. The summed E-state index contributed by atoms with van der Waals surface area (Å²) in [6, 6.07) is 6.56. The number of thioether (sulfide) groups is 2. The number of urea groups is 1. The van der Waals surface area contributed by atoms with Crippen molar-refractivity contribution in [2.45, 2.75) is 11.0 Å². The largest absolute Gasteiger partial charge is 0.452 e. The van der Waals surface area contributed by atoms with Crippen molar-refractivity contribution in [1.82, 2.24) is 10.6 Å². The number of nitrogens with one attached hydrogen (secondary N) is 2. The molecule has 0 atom stereocenters. The van der Waals surface area contributed by atoms with Crippen LogP contribution < -0.4 is 10.6 Å². The van der Waals surface area contributed by atoms with Gasteiger partial charge in [0.25, 0.3) is 5.91 Å². The van der Waals surface area contributed by atoms with Crippen LogP contribution in [0.1, 0.15) is 26.9 Å². The SMILES string of the molecule is C=CCNC(=O)NC(=O)COC(=O)c1ccc(C2SCCCS2)cc1. The summed E-state index contributed by atoms with van der Waals surface area (Å²) in [5.41, 5.74) is 1.54. The number of hydrogen-bond donors (Lipinski definition) is 2. The van der Waals surface area contributed by atoms with E-state index in [4.69, 9.17) is 4.74 Å². The van der Waals surface area contributed by atoms with E-state index in [2.05, 4.69) is 17.2 Å². The van der Waals surface area contributed by atoms with Gasteiger partial charge in [0.15, 0.2) is 6.61 Å². The fraction of sp³-hybridized carbons (Fsp3) is 0.353. The quantitative estimate of drug-likeness (QED) is 0.583. The summed E-state index contributed by atoms with van der Waals surface area (Å²) in [4.78, 5) is 34.8. The Kier molecular flexibility index (Phi) is 7.87. The van der Waals surface area contributed by atoms with E-state index in [0.29, 0.717) is 10.1 Å². The van der Waals surface area contributed by atoms with Crippen molar-refractivity contribution in [1.29, 1.82) is 0 Å². The van der Waals surface area contributed by atoms with Gasteiger partial charge in [-0.15, -0.1) is 30.1 Å². The van der Waals surface area contributed by atoms with E-state index >= 15 is 0 Å². The van der Waals surface area contributed by atoms with Crippen LogP contribution in [0.3, 0.4) is 0 Å². The van der Waals surface area contributed by atoms with Crippen molar-refractivity contribution >= 4 is 41.4 Å². The van der Waals surface area contributed by atoms with E-state index in [9.17, 15) is 14.4 Å². The highest BCUT2D eigenvalue weighted by atomic mass is 32.2. The fourth-order valence-corrected chi connectivity index (χ4v) is 4.94. The van der Waals surface area contributed by atoms with Gasteiger partial charge in [-0.1, -0.05) is 18.2 Å². The van der Waals surface area contributed by atoms with Crippen LogP contribution in [0.15, 0.2) is 36.9 Å². The molecule has 1 aliphatic heterocycles. The third-order valence-corrected chi connectivity index (χ3v) is 6.26. The van der Waals surface area contributed by atoms with Gasteiger partial charge in [-0.05, 0) is 35.6 Å². The Morgan fingerprint density at radius 3 is 2.52 bits per heavy atom. The summed E-state index contributed by atoms with van der Waals surface area (Å²) < 4.78 is 5.32. The number of carbonyl (C=O) groups excluding carboxylic acids is 3. The van der Waals surface area contributed by atoms with Gasteiger partial charge < -0.3 is 10.1 Å². The smallest absolute Gasteiger partial charge is 0.338 e. The molecule has 0 spiro atoms. The van der Waals surface area contributed by atoms with Crippen LogP contribution in [-0.4, -0.2) is 42.6 Å². The average molecular weight is 380 g/mol. The molecule has 134 valence electrons. The van der Waals surface area contributed by atoms with Gasteiger partial charge in [-0.2, -0.15) is 0 Å². The molecule has 1 aromatic rings. The van der Waals surface area contributed by atoms with Crippen molar-refractivity contribution in [3.8, 4) is 0 Å². The first-order valence-corrected chi connectivity index (χ1v) is 9.89. The van der Waals surface area contributed by atoms with Crippen LogP contribution in [0.25, 0.3) is 0 Å². The summed E-state index contributed by atoms with van der Waals surface area (Å²) in [5, 5.41) is 4.44. The maximum absolute atomic E-state index is 12.0. The first-order chi connectivity index (χ1) is 12.1. The number of benzene rings is 1. The maximum Gasteiger partial charge on any atom is 0.338 e. The highest BCUT2D eigenvalue weighted by Gasteiger charge is 2.17. The Morgan fingerprint density at radius 1 is 1.20 bits per heavy atom. The lowest BCUT2D eigenvalue weighted by atomic mass is 10.1. The molecule has 2 rings (SSSR count). The molecule has 25 heavy (non-hydrogen) atoms. The Hall–Kier alpha value is -1.93. The zero-order valence-corrected chi connectivity index (χ0v) is 15.3. The zero-order chi connectivity index (χ0) is 18.1. The predicted molar refractivity (Wildman–Crippen MR) is 101 cm³/mol. The predicted octanol–water partition coefficient (Wildman–Crippen LogP) is 2.72. The van der Waals surface area contributed by atoms with Crippen LogP contribution in [0.2, 0.25) is 0 Å². The fourth-order valence-electron chi connectivity index (χ4n) is 2.04. The Balaban J connectivity index is 1.79. The molecular formula is C17H20N2O4S2. The van der Waals surface area contributed by atoms with E-state index in [1.54, 1.807) is 12.1 Å². The maximum atomic E-state index is 12.0. The van der Waals surface area contributed by atoms with Crippen LogP contribution in [-0.2, 0) is 9.53 Å². The highest BCUT2D eigenvalue weighted by Crippen LogP contribution is 2.43. The van der Waals surface area contributed by atoms with E-state index < -0.39 is 24.5 Å². The number of esters is 1. The molecule has 0 aliphatic carbocycles. The number of ether oxygens (including phenoxy) is 1. The first kappa shape index (κ1) is 19.4. The second kappa shape index (κ2) is 10.1. The zero-order valence-electron chi connectivity index (χ0n) is 13.7. The molecule has 8 heteroatoms. The summed E-state index contributed by atoms with van der Waals surface area (Å²) >= 11 is 3.81. The normalized spacial score (nSPS) is 14.4. The van der Waals surface area contributed by atoms with Gasteiger partial charge in [-0.25, -0.2) is 9.59 Å². The second-order valence-corrected chi connectivity index (χ2v) is 7.90. The number of rotatable bonds is 6. The van der Waals surface area contributed by atoms with Gasteiger partial charge in [0.05, 0.1) is 10.1 Å². The minimum absolute atomic E-state index is 0.239. The number of carbonyl (C=O) groups is 3. The summed E-state index contributed by atoms with van der Waals surface area (Å²) in [5.74, 6) is 1.01. The van der Waals surface area contributed by atoms with Gasteiger partial charge in [0.2, 0.25) is 0 Å². The molecule has 0 aromatic heterocycles. The van der Waals surface area contributed by atoms with E-state index in [-0.39, 0.29) is 6.54 Å². The molecule has 0 unspecified atom stereocenters. The Labute approximate surface area is 155 Å². The minimum atomic E-state index is -0.693. The van der Waals surface area contributed by atoms with Crippen LogP contribution >= 0.6 is 23.5 Å². The van der Waals surface area contributed by atoms with Crippen molar-refractivity contribution < 1.29 is 19.1 Å². The molecule has 1 saturated heterocycles. The van der Waals surface area contributed by atoms with Crippen LogP contribution in [0.5, 0.6) is 0 Å². The topological polar surface area (TPSA) is 84.5 Å². The standard InChI is InChI=1S/C17H20N2O4S2/c1-2-8-18-17(22)19-14(20)11-23-15(21)12-4-6-13(7-5-12)16-24-9-3-10-25-16/h2,4-7,16H,1,3,8-11H2,(H2,18,19,20,22). The number of hydrogen-bond acceptors (Lipinski definition) is 6. The van der Waals surface area contributed by atoms with Gasteiger partial charge >= 0.3 is 12.0 Å². The van der Waals surface area contributed by atoms with E-state index in [1.807, 2.05) is 35.7 Å². The average Bonchev–Trinajstić information content (AvgIpc) is 2.65. The molecule has 6 nitrogen and oxygen atoms in total. The highest BCUT2D eigenvalue weighted by molar-refractivity contribution is 8.16. The summed E-state index contributed by atoms with van der Waals surface area (Å²) in [7, 11) is 0. The Bertz CT molecular complexity index is 628. The molecule has 1 fully saturated rings. The third kappa shape index (κ3) is 6.47. The molecule has 2 N–H and O–H groups in total. The van der Waals surface area contributed by atoms with Crippen molar-refractivity contribution in [2.75, 3.05) is 24.7 Å². The molecule has 1 aromatic carbocycles. The Morgan fingerprint density at radius 2 is 1.88 bits per heavy atom. The number of imide groups is 1. The first-order valence-electron chi connectivity index (χ1n) is 7.79. The van der Waals surface area contributed by atoms with Crippen molar-refractivity contribution in [2.24, 2.45) is 0 Å². The second-order valence-electron chi connectivity index (χ2n) is 5.17. The van der Waals surface area contributed by atoms with Gasteiger partial charge in [-0.3, -0.25) is 10.1 Å². The van der Waals surface area contributed by atoms with Gasteiger partial charge in [0, 0.05) is 6.54 Å². The minimum Gasteiger partial charge on any atom is -0.452 e. The third-order valence-electron chi connectivity index (χ3n) is 3.24. The lowest BCUT2D eigenvalue weighted by molar-refractivity contribution is -0.123.